The second kappa shape index (κ2) is 6.63. The van der Waals surface area contributed by atoms with E-state index in [-0.39, 0.29) is 18.1 Å². The van der Waals surface area contributed by atoms with Gasteiger partial charge in [0.15, 0.2) is 0 Å². The Labute approximate surface area is 127 Å². The van der Waals surface area contributed by atoms with Crippen LogP contribution in [-0.4, -0.2) is 50.5 Å². The summed E-state index contributed by atoms with van der Waals surface area (Å²) in [6.45, 7) is 5.25. The van der Waals surface area contributed by atoms with E-state index in [0.29, 0.717) is 18.1 Å². The zero-order chi connectivity index (χ0) is 14.7. The standard InChI is InChI=1S/C16H28N2O3/c1-12-14(17-8-11-21-12)15(19)18-13-2-4-16(5-3-13)6-9-20-10-7-16/h12-14,17H,2-11H2,1H3,(H,18,19)/t12-,14+/m1/s1. The van der Waals surface area contributed by atoms with Gasteiger partial charge in [-0.2, -0.15) is 0 Å². The van der Waals surface area contributed by atoms with Crippen molar-refractivity contribution >= 4 is 5.91 Å². The minimum Gasteiger partial charge on any atom is -0.381 e. The third kappa shape index (κ3) is 3.58. The van der Waals surface area contributed by atoms with Crippen LogP contribution in [-0.2, 0) is 14.3 Å². The van der Waals surface area contributed by atoms with Crippen LogP contribution in [0.15, 0.2) is 0 Å². The summed E-state index contributed by atoms with van der Waals surface area (Å²) in [5.41, 5.74) is 0.499. The molecule has 0 bridgehead atoms. The number of carbonyl (C=O) groups excluding carboxylic acids is 1. The van der Waals surface area contributed by atoms with Crippen LogP contribution in [0.25, 0.3) is 0 Å². The van der Waals surface area contributed by atoms with Gasteiger partial charge in [-0.1, -0.05) is 0 Å². The van der Waals surface area contributed by atoms with Crippen LogP contribution in [0.3, 0.4) is 0 Å². The molecule has 2 atom stereocenters. The van der Waals surface area contributed by atoms with Gasteiger partial charge in [0.25, 0.3) is 0 Å². The molecule has 0 aromatic heterocycles. The molecule has 0 radical (unpaired) electrons. The van der Waals surface area contributed by atoms with E-state index in [2.05, 4.69) is 10.6 Å². The second-order valence-corrected chi connectivity index (χ2v) is 6.90. The van der Waals surface area contributed by atoms with Crippen LogP contribution in [0, 0.1) is 5.41 Å². The highest BCUT2D eigenvalue weighted by molar-refractivity contribution is 5.82. The summed E-state index contributed by atoms with van der Waals surface area (Å²) >= 11 is 0. The van der Waals surface area contributed by atoms with Crippen molar-refractivity contribution in [2.75, 3.05) is 26.4 Å². The number of hydrogen-bond acceptors (Lipinski definition) is 4. The Kier molecular flexibility index (Phi) is 4.82. The summed E-state index contributed by atoms with van der Waals surface area (Å²) in [6.07, 6.45) is 7.02. The van der Waals surface area contributed by atoms with Crippen LogP contribution in [0.5, 0.6) is 0 Å². The quantitative estimate of drug-likeness (QED) is 0.804. The maximum atomic E-state index is 12.4. The first-order valence-electron chi connectivity index (χ1n) is 8.42. The first-order chi connectivity index (χ1) is 10.2. The highest BCUT2D eigenvalue weighted by Crippen LogP contribution is 2.44. The molecule has 1 saturated carbocycles. The summed E-state index contributed by atoms with van der Waals surface area (Å²) < 4.78 is 11.0. The second-order valence-electron chi connectivity index (χ2n) is 6.90. The van der Waals surface area contributed by atoms with Gasteiger partial charge < -0.3 is 20.1 Å². The molecule has 2 heterocycles. The lowest BCUT2D eigenvalue weighted by Crippen LogP contribution is -2.57. The average Bonchev–Trinajstić information content (AvgIpc) is 2.51. The first-order valence-corrected chi connectivity index (χ1v) is 8.42. The molecule has 1 aliphatic carbocycles. The zero-order valence-corrected chi connectivity index (χ0v) is 13.0. The third-order valence-electron chi connectivity index (χ3n) is 5.55. The van der Waals surface area contributed by atoms with Crippen molar-refractivity contribution in [3.63, 3.8) is 0 Å². The first kappa shape index (κ1) is 15.3. The van der Waals surface area contributed by atoms with E-state index in [1.807, 2.05) is 6.92 Å². The van der Waals surface area contributed by atoms with E-state index >= 15 is 0 Å². The van der Waals surface area contributed by atoms with Crippen molar-refractivity contribution in [1.82, 2.24) is 10.6 Å². The number of amides is 1. The molecule has 120 valence electrons. The smallest absolute Gasteiger partial charge is 0.240 e. The van der Waals surface area contributed by atoms with Crippen molar-refractivity contribution in [2.45, 2.75) is 63.6 Å². The fourth-order valence-corrected chi connectivity index (χ4v) is 4.00. The lowest BCUT2D eigenvalue weighted by Gasteiger charge is -2.43. The summed E-state index contributed by atoms with van der Waals surface area (Å²) in [4.78, 5) is 12.4. The average molecular weight is 296 g/mol. The predicted octanol–water partition coefficient (Wildman–Crippen LogP) is 1.22. The van der Waals surface area contributed by atoms with Crippen molar-refractivity contribution < 1.29 is 14.3 Å². The van der Waals surface area contributed by atoms with Gasteiger partial charge in [-0.15, -0.1) is 0 Å². The molecule has 5 nitrogen and oxygen atoms in total. The number of rotatable bonds is 2. The Morgan fingerprint density at radius 1 is 1.14 bits per heavy atom. The van der Waals surface area contributed by atoms with Gasteiger partial charge in [0.1, 0.15) is 6.04 Å². The summed E-state index contributed by atoms with van der Waals surface area (Å²) in [7, 11) is 0. The van der Waals surface area contributed by atoms with E-state index in [0.717, 1.165) is 32.6 Å². The zero-order valence-electron chi connectivity index (χ0n) is 13.0. The van der Waals surface area contributed by atoms with Crippen LogP contribution in [0.2, 0.25) is 0 Å². The molecule has 3 rings (SSSR count). The lowest BCUT2D eigenvalue weighted by atomic mass is 9.68. The van der Waals surface area contributed by atoms with Crippen molar-refractivity contribution in [3.8, 4) is 0 Å². The Bertz CT molecular complexity index is 359. The Morgan fingerprint density at radius 2 is 1.86 bits per heavy atom. The van der Waals surface area contributed by atoms with E-state index in [1.54, 1.807) is 0 Å². The molecule has 0 aromatic carbocycles. The molecule has 1 amide bonds. The predicted molar refractivity (Wildman–Crippen MR) is 80.1 cm³/mol. The minimum absolute atomic E-state index is 0.0378. The minimum atomic E-state index is -0.197. The molecule has 21 heavy (non-hydrogen) atoms. The number of nitrogens with one attached hydrogen (secondary N) is 2. The van der Waals surface area contributed by atoms with Gasteiger partial charge in [0, 0.05) is 25.8 Å². The lowest BCUT2D eigenvalue weighted by molar-refractivity contribution is -0.130. The fraction of sp³-hybridized carbons (Fsp3) is 0.938. The molecule has 1 spiro atoms. The third-order valence-corrected chi connectivity index (χ3v) is 5.55. The van der Waals surface area contributed by atoms with Gasteiger partial charge in [0.05, 0.1) is 12.7 Å². The number of carbonyl (C=O) groups is 1. The molecule has 3 fully saturated rings. The Hall–Kier alpha value is -0.650. The van der Waals surface area contributed by atoms with E-state index < -0.39 is 0 Å². The highest BCUT2D eigenvalue weighted by Gasteiger charge is 2.38. The van der Waals surface area contributed by atoms with Crippen LogP contribution in [0.4, 0.5) is 0 Å². The topological polar surface area (TPSA) is 59.6 Å². The fourth-order valence-electron chi connectivity index (χ4n) is 4.00. The molecule has 5 heteroatoms. The largest absolute Gasteiger partial charge is 0.381 e. The van der Waals surface area contributed by atoms with Crippen molar-refractivity contribution in [3.05, 3.63) is 0 Å². The summed E-state index contributed by atoms with van der Waals surface area (Å²) in [5, 5.41) is 6.49. The van der Waals surface area contributed by atoms with Crippen LogP contribution < -0.4 is 10.6 Å². The molecule has 2 N–H and O–H groups in total. The van der Waals surface area contributed by atoms with Crippen LogP contribution in [0.1, 0.15) is 45.4 Å². The molecule has 0 aromatic rings. The molecule has 0 unspecified atom stereocenters. The molecule has 2 aliphatic heterocycles. The van der Waals surface area contributed by atoms with Gasteiger partial charge in [-0.25, -0.2) is 0 Å². The number of morpholine rings is 1. The maximum absolute atomic E-state index is 12.4. The summed E-state index contributed by atoms with van der Waals surface area (Å²) in [5.74, 6) is 0.107. The monoisotopic (exact) mass is 296 g/mol. The normalized spacial score (nSPS) is 33.8. The van der Waals surface area contributed by atoms with Gasteiger partial charge >= 0.3 is 0 Å². The van der Waals surface area contributed by atoms with Gasteiger partial charge in [0.2, 0.25) is 5.91 Å². The van der Waals surface area contributed by atoms with Crippen LogP contribution >= 0.6 is 0 Å². The Balaban J connectivity index is 1.47. The molecular formula is C16H28N2O3. The SMILES string of the molecule is C[C@H]1OCCN[C@@H]1C(=O)NC1CCC2(CCOCC2)CC1. The van der Waals surface area contributed by atoms with E-state index in [4.69, 9.17) is 9.47 Å². The number of ether oxygens (including phenoxy) is 2. The molecule has 2 saturated heterocycles. The van der Waals surface area contributed by atoms with E-state index in [9.17, 15) is 4.79 Å². The van der Waals surface area contributed by atoms with Gasteiger partial charge in [-0.05, 0) is 50.9 Å². The molecular weight excluding hydrogens is 268 g/mol. The highest BCUT2D eigenvalue weighted by atomic mass is 16.5. The summed E-state index contributed by atoms with van der Waals surface area (Å²) in [6, 6.07) is 0.139. The maximum Gasteiger partial charge on any atom is 0.240 e. The van der Waals surface area contributed by atoms with Crippen molar-refractivity contribution in [1.29, 1.82) is 0 Å². The van der Waals surface area contributed by atoms with E-state index in [1.165, 1.54) is 25.7 Å². The molecule has 3 aliphatic rings. The van der Waals surface area contributed by atoms with Crippen molar-refractivity contribution in [2.24, 2.45) is 5.41 Å². The Morgan fingerprint density at radius 3 is 2.52 bits per heavy atom. The van der Waals surface area contributed by atoms with Gasteiger partial charge in [-0.3, -0.25) is 4.79 Å². The number of hydrogen-bond donors (Lipinski definition) is 2.